The summed E-state index contributed by atoms with van der Waals surface area (Å²) in [5.74, 6) is -1.58. The van der Waals surface area contributed by atoms with Gasteiger partial charge in [0.25, 0.3) is 5.91 Å². The Labute approximate surface area is 170 Å². The van der Waals surface area contributed by atoms with Crippen LogP contribution in [-0.2, 0) is 11.0 Å². The number of amides is 2. The molecule has 2 aromatic heterocycles. The van der Waals surface area contributed by atoms with Crippen LogP contribution >= 0.6 is 0 Å². The maximum atomic E-state index is 13.8. The van der Waals surface area contributed by atoms with Gasteiger partial charge in [-0.1, -0.05) is 0 Å². The summed E-state index contributed by atoms with van der Waals surface area (Å²) < 4.78 is 46.9. The van der Waals surface area contributed by atoms with E-state index in [1.165, 1.54) is 24.1 Å². The molecule has 1 saturated heterocycles. The summed E-state index contributed by atoms with van der Waals surface area (Å²) in [6.07, 6.45) is -2.90. The Hall–Kier alpha value is -3.18. The fraction of sp³-hybridized carbons (Fsp3) is 0.500. The van der Waals surface area contributed by atoms with Gasteiger partial charge in [-0.05, 0) is 25.8 Å². The molecule has 0 aliphatic carbocycles. The van der Waals surface area contributed by atoms with Crippen molar-refractivity contribution in [2.75, 3.05) is 26.7 Å². The first-order valence-electron chi connectivity index (χ1n) is 9.36. The van der Waals surface area contributed by atoms with E-state index in [1.54, 1.807) is 6.92 Å². The van der Waals surface area contributed by atoms with Crippen molar-refractivity contribution < 1.29 is 27.5 Å². The lowest BCUT2D eigenvalue weighted by atomic mass is 9.96. The van der Waals surface area contributed by atoms with Gasteiger partial charge in [-0.2, -0.15) is 18.3 Å². The van der Waals surface area contributed by atoms with Gasteiger partial charge in [0.05, 0.1) is 24.8 Å². The van der Waals surface area contributed by atoms with Gasteiger partial charge in [0.1, 0.15) is 0 Å². The van der Waals surface area contributed by atoms with E-state index in [9.17, 15) is 22.8 Å². The Bertz CT molecular complexity index is 913. The van der Waals surface area contributed by atoms with Crippen molar-refractivity contribution in [3.8, 4) is 11.7 Å². The number of rotatable bonds is 5. The van der Waals surface area contributed by atoms with Crippen LogP contribution in [0.1, 0.15) is 35.8 Å². The van der Waals surface area contributed by atoms with Crippen LogP contribution in [0.3, 0.4) is 0 Å². The van der Waals surface area contributed by atoms with Gasteiger partial charge in [-0.15, -0.1) is 10.2 Å². The molecule has 1 aliphatic rings. The van der Waals surface area contributed by atoms with E-state index in [-0.39, 0.29) is 30.7 Å². The molecule has 3 heterocycles. The molecular weight excluding hydrogens is 405 g/mol. The SMILES string of the molecule is CCNC(=O)C1CCCN(C(=O)c2cnn(-c3ccc(OC)nn3)c2C(F)(F)F)C1. The summed E-state index contributed by atoms with van der Waals surface area (Å²) in [5.41, 5.74) is -1.84. The molecule has 3 rings (SSSR count). The Morgan fingerprint density at radius 2 is 2.07 bits per heavy atom. The van der Waals surface area contributed by atoms with Gasteiger partial charge in [0.2, 0.25) is 11.8 Å². The highest BCUT2D eigenvalue weighted by Gasteiger charge is 2.42. The molecule has 0 saturated carbocycles. The summed E-state index contributed by atoms with van der Waals surface area (Å²) in [6, 6.07) is 2.60. The van der Waals surface area contributed by atoms with Crippen LogP contribution in [0.4, 0.5) is 13.2 Å². The summed E-state index contributed by atoms with van der Waals surface area (Å²) in [6.45, 7) is 2.53. The molecule has 0 aromatic carbocycles. The normalized spacial score (nSPS) is 17.0. The first kappa shape index (κ1) is 21.5. The smallest absolute Gasteiger partial charge is 0.434 e. The third-order valence-electron chi connectivity index (χ3n) is 4.75. The Morgan fingerprint density at radius 1 is 1.30 bits per heavy atom. The summed E-state index contributed by atoms with van der Waals surface area (Å²) in [7, 11) is 1.35. The Balaban J connectivity index is 1.92. The Morgan fingerprint density at radius 3 is 2.67 bits per heavy atom. The van der Waals surface area contributed by atoms with Crippen LogP contribution in [0.5, 0.6) is 5.88 Å². The van der Waals surface area contributed by atoms with E-state index in [1.807, 2.05) is 0 Å². The zero-order valence-corrected chi connectivity index (χ0v) is 16.4. The lowest BCUT2D eigenvalue weighted by Crippen LogP contribution is -2.45. The highest BCUT2D eigenvalue weighted by molar-refractivity contribution is 5.96. The number of methoxy groups -OCH3 is 1. The molecular formula is C18H21F3N6O3. The number of alkyl halides is 3. The second-order valence-corrected chi connectivity index (χ2v) is 6.74. The average molecular weight is 426 g/mol. The third-order valence-corrected chi connectivity index (χ3v) is 4.75. The van der Waals surface area contributed by atoms with Crippen molar-refractivity contribution in [1.82, 2.24) is 30.2 Å². The van der Waals surface area contributed by atoms with Gasteiger partial charge in [-0.3, -0.25) is 9.59 Å². The van der Waals surface area contributed by atoms with Crippen molar-refractivity contribution in [2.24, 2.45) is 5.92 Å². The zero-order valence-electron chi connectivity index (χ0n) is 16.4. The van der Waals surface area contributed by atoms with Crippen molar-refractivity contribution in [3.63, 3.8) is 0 Å². The molecule has 162 valence electrons. The zero-order chi connectivity index (χ0) is 21.9. The molecule has 0 spiro atoms. The van der Waals surface area contributed by atoms with Crippen molar-refractivity contribution >= 4 is 11.8 Å². The minimum absolute atomic E-state index is 0.0511. The number of likely N-dealkylation sites (tertiary alicyclic amines) is 1. The number of carbonyl (C=O) groups excluding carboxylic acids is 2. The number of aromatic nitrogens is 4. The van der Waals surface area contributed by atoms with Crippen molar-refractivity contribution in [2.45, 2.75) is 25.9 Å². The van der Waals surface area contributed by atoms with Crippen LogP contribution in [0.25, 0.3) is 5.82 Å². The molecule has 2 aromatic rings. The maximum Gasteiger partial charge on any atom is 0.434 e. The number of nitrogens with one attached hydrogen (secondary N) is 1. The summed E-state index contributed by atoms with van der Waals surface area (Å²) >= 11 is 0. The lowest BCUT2D eigenvalue weighted by Gasteiger charge is -2.32. The van der Waals surface area contributed by atoms with Gasteiger partial charge in [-0.25, -0.2) is 4.68 Å². The van der Waals surface area contributed by atoms with Gasteiger partial charge >= 0.3 is 6.18 Å². The molecule has 0 radical (unpaired) electrons. The van der Waals surface area contributed by atoms with Crippen LogP contribution < -0.4 is 10.1 Å². The summed E-state index contributed by atoms with van der Waals surface area (Å²) in [4.78, 5) is 26.3. The maximum absolute atomic E-state index is 13.8. The standard InChI is InChI=1S/C18H21F3N6O3/c1-3-22-16(28)11-5-4-8-26(10-11)17(29)12-9-23-27(15(12)18(19,20)21)13-6-7-14(30-2)25-24-13/h6-7,9,11H,3-5,8,10H2,1-2H3,(H,22,28). The summed E-state index contributed by atoms with van der Waals surface area (Å²) in [5, 5.41) is 13.8. The first-order chi connectivity index (χ1) is 14.3. The van der Waals surface area contributed by atoms with Crippen LogP contribution in [0.15, 0.2) is 18.3 Å². The number of hydrogen-bond donors (Lipinski definition) is 1. The minimum Gasteiger partial charge on any atom is -0.480 e. The van der Waals surface area contributed by atoms with E-state index >= 15 is 0 Å². The van der Waals surface area contributed by atoms with Gasteiger partial charge < -0.3 is 15.0 Å². The molecule has 1 fully saturated rings. The Kier molecular flexibility index (Phi) is 6.22. The molecule has 1 atom stereocenters. The van der Waals surface area contributed by atoms with E-state index in [0.29, 0.717) is 24.1 Å². The molecule has 12 heteroatoms. The largest absolute Gasteiger partial charge is 0.480 e. The van der Waals surface area contributed by atoms with Crippen molar-refractivity contribution in [1.29, 1.82) is 0 Å². The second-order valence-electron chi connectivity index (χ2n) is 6.74. The fourth-order valence-electron chi connectivity index (χ4n) is 3.35. The number of halogens is 3. The van der Waals surface area contributed by atoms with E-state index < -0.39 is 29.3 Å². The van der Waals surface area contributed by atoms with Crippen LogP contribution in [-0.4, -0.2) is 63.4 Å². The number of carbonyl (C=O) groups is 2. The van der Waals surface area contributed by atoms with E-state index in [4.69, 9.17) is 4.74 Å². The minimum atomic E-state index is -4.86. The van der Waals surface area contributed by atoms with E-state index in [2.05, 4.69) is 20.6 Å². The molecule has 30 heavy (non-hydrogen) atoms. The monoisotopic (exact) mass is 426 g/mol. The molecule has 1 aliphatic heterocycles. The quantitative estimate of drug-likeness (QED) is 0.781. The fourth-order valence-corrected chi connectivity index (χ4v) is 3.35. The predicted molar refractivity (Wildman–Crippen MR) is 98.0 cm³/mol. The first-order valence-corrected chi connectivity index (χ1v) is 9.36. The van der Waals surface area contributed by atoms with Gasteiger partial charge in [0.15, 0.2) is 11.5 Å². The molecule has 2 amide bonds. The van der Waals surface area contributed by atoms with E-state index in [0.717, 1.165) is 6.20 Å². The lowest BCUT2D eigenvalue weighted by molar-refractivity contribution is -0.143. The topological polar surface area (TPSA) is 102 Å². The molecule has 0 bridgehead atoms. The van der Waals surface area contributed by atoms with Crippen LogP contribution in [0.2, 0.25) is 0 Å². The predicted octanol–water partition coefficient (Wildman–Crippen LogP) is 1.68. The molecule has 9 nitrogen and oxygen atoms in total. The highest BCUT2D eigenvalue weighted by Crippen LogP contribution is 2.34. The van der Waals surface area contributed by atoms with Gasteiger partial charge in [0, 0.05) is 25.7 Å². The number of ether oxygens (including phenoxy) is 1. The number of nitrogens with zero attached hydrogens (tertiary/aromatic N) is 5. The average Bonchev–Trinajstić information content (AvgIpc) is 3.19. The highest BCUT2D eigenvalue weighted by atomic mass is 19.4. The number of hydrogen-bond acceptors (Lipinski definition) is 6. The second kappa shape index (κ2) is 8.67. The molecule has 1 unspecified atom stereocenters. The number of piperidine rings is 1. The van der Waals surface area contributed by atoms with Crippen LogP contribution in [0, 0.1) is 5.92 Å². The third kappa shape index (κ3) is 4.36. The molecule has 1 N–H and O–H groups in total. The van der Waals surface area contributed by atoms with Crippen molar-refractivity contribution in [3.05, 3.63) is 29.6 Å².